The van der Waals surface area contributed by atoms with Crippen LogP contribution >= 0.6 is 0 Å². The van der Waals surface area contributed by atoms with E-state index in [2.05, 4.69) is 6.58 Å². The van der Waals surface area contributed by atoms with E-state index in [1.165, 1.54) is 6.26 Å². The first-order chi connectivity index (χ1) is 9.27. The number of hydrogen-bond acceptors (Lipinski definition) is 6. The molecule has 4 atom stereocenters. The van der Waals surface area contributed by atoms with Crippen molar-refractivity contribution in [2.75, 3.05) is 13.2 Å². The third kappa shape index (κ3) is 2.25. The van der Waals surface area contributed by atoms with Crippen molar-refractivity contribution >= 4 is 0 Å². The van der Waals surface area contributed by atoms with Crippen LogP contribution in [-0.4, -0.2) is 48.9 Å². The second kappa shape index (κ2) is 4.42. The number of fused-ring (bicyclic) bond motifs is 1. The van der Waals surface area contributed by atoms with Crippen LogP contribution in [0.1, 0.15) is 27.7 Å². The lowest BCUT2D eigenvalue weighted by atomic mass is 9.97. The average molecular weight is 286 g/mol. The molecule has 0 radical (unpaired) electrons. The van der Waals surface area contributed by atoms with Gasteiger partial charge in [-0.25, -0.2) is 0 Å². The van der Waals surface area contributed by atoms with Gasteiger partial charge in [-0.05, 0) is 27.7 Å². The van der Waals surface area contributed by atoms with Gasteiger partial charge < -0.3 is 28.4 Å². The number of ether oxygens (including phenoxy) is 6. The van der Waals surface area contributed by atoms with Crippen molar-refractivity contribution in [2.24, 2.45) is 0 Å². The van der Waals surface area contributed by atoms with Crippen LogP contribution < -0.4 is 0 Å². The van der Waals surface area contributed by atoms with Crippen molar-refractivity contribution in [1.29, 1.82) is 0 Å². The molecule has 20 heavy (non-hydrogen) atoms. The summed E-state index contributed by atoms with van der Waals surface area (Å²) in [5, 5.41) is 0. The molecular weight excluding hydrogens is 264 g/mol. The van der Waals surface area contributed by atoms with Gasteiger partial charge in [0.2, 0.25) is 5.79 Å². The Labute approximate surface area is 118 Å². The lowest BCUT2D eigenvalue weighted by Crippen LogP contribution is -2.62. The highest BCUT2D eigenvalue weighted by molar-refractivity contribution is 5.02. The maximum Gasteiger partial charge on any atom is 0.235 e. The molecule has 0 unspecified atom stereocenters. The highest BCUT2D eigenvalue weighted by Crippen LogP contribution is 2.45. The summed E-state index contributed by atoms with van der Waals surface area (Å²) >= 11 is 0. The molecule has 0 aromatic rings. The second-order valence-electron chi connectivity index (χ2n) is 6.28. The zero-order chi connectivity index (χ0) is 14.6. The van der Waals surface area contributed by atoms with Crippen LogP contribution in [0.3, 0.4) is 0 Å². The average Bonchev–Trinajstić information content (AvgIpc) is 2.80. The molecule has 114 valence electrons. The van der Waals surface area contributed by atoms with Gasteiger partial charge in [0.25, 0.3) is 0 Å². The van der Waals surface area contributed by atoms with Gasteiger partial charge in [0.15, 0.2) is 17.7 Å². The van der Waals surface area contributed by atoms with E-state index in [1.54, 1.807) is 0 Å². The van der Waals surface area contributed by atoms with Gasteiger partial charge in [-0.15, -0.1) is 0 Å². The Bertz CT molecular complexity index is 404. The zero-order valence-corrected chi connectivity index (χ0v) is 12.4. The summed E-state index contributed by atoms with van der Waals surface area (Å²) in [6.07, 6.45) is 0.422. The lowest BCUT2D eigenvalue weighted by molar-refractivity contribution is -0.326. The Kier molecular flexibility index (Phi) is 3.15. The summed E-state index contributed by atoms with van der Waals surface area (Å²) in [5.74, 6) is -2.37. The summed E-state index contributed by atoms with van der Waals surface area (Å²) < 4.78 is 35.0. The van der Waals surface area contributed by atoms with Crippen LogP contribution in [0, 0.1) is 0 Å². The fourth-order valence-electron chi connectivity index (χ4n) is 3.05. The minimum Gasteiger partial charge on any atom is -0.490 e. The molecule has 3 saturated heterocycles. The Balaban J connectivity index is 1.88. The molecule has 3 fully saturated rings. The van der Waals surface area contributed by atoms with E-state index >= 15 is 0 Å². The fourth-order valence-corrected chi connectivity index (χ4v) is 3.05. The highest BCUT2D eigenvalue weighted by Gasteiger charge is 2.63. The first-order valence-electron chi connectivity index (χ1n) is 6.87. The molecule has 3 rings (SSSR count). The lowest BCUT2D eigenvalue weighted by Gasteiger charge is -2.43. The Morgan fingerprint density at radius 2 is 1.85 bits per heavy atom. The van der Waals surface area contributed by atoms with Gasteiger partial charge in [-0.2, -0.15) is 0 Å². The van der Waals surface area contributed by atoms with Crippen molar-refractivity contribution in [2.45, 2.75) is 63.4 Å². The van der Waals surface area contributed by atoms with Crippen molar-refractivity contribution in [3.05, 3.63) is 12.8 Å². The molecule has 1 spiro atoms. The molecule has 0 amide bonds. The van der Waals surface area contributed by atoms with Crippen LogP contribution in [0.4, 0.5) is 0 Å². The van der Waals surface area contributed by atoms with Crippen LogP contribution in [0.25, 0.3) is 0 Å². The first kappa shape index (κ1) is 14.3. The molecule has 3 aliphatic rings. The zero-order valence-electron chi connectivity index (χ0n) is 12.4. The van der Waals surface area contributed by atoms with Crippen LogP contribution in [-0.2, 0) is 28.4 Å². The molecule has 0 aromatic heterocycles. The third-order valence-electron chi connectivity index (χ3n) is 3.73. The van der Waals surface area contributed by atoms with E-state index in [0.29, 0.717) is 6.61 Å². The topological polar surface area (TPSA) is 55.4 Å². The van der Waals surface area contributed by atoms with E-state index in [9.17, 15) is 0 Å². The number of rotatable bonds is 2. The monoisotopic (exact) mass is 286 g/mol. The summed E-state index contributed by atoms with van der Waals surface area (Å²) in [6, 6.07) is 0. The largest absolute Gasteiger partial charge is 0.490 e. The molecule has 3 aliphatic heterocycles. The fraction of sp³-hybridized carbons (Fsp3) is 0.857. The molecule has 0 bridgehead atoms. The SMILES string of the molecule is C=CO[C@H]1[C@@H]2OC(C)(C)O[C@@H]2CO[C@]12COC(C)(C)O2. The molecule has 0 N–H and O–H groups in total. The second-order valence-corrected chi connectivity index (χ2v) is 6.28. The maximum atomic E-state index is 5.97. The van der Waals surface area contributed by atoms with E-state index in [0.717, 1.165) is 0 Å². The van der Waals surface area contributed by atoms with Crippen molar-refractivity contribution in [3.8, 4) is 0 Å². The highest BCUT2D eigenvalue weighted by atomic mass is 16.9. The minimum absolute atomic E-state index is 0.187. The summed E-state index contributed by atoms with van der Waals surface area (Å²) in [5.41, 5.74) is 0. The molecule has 0 saturated carbocycles. The normalized spacial score (nSPS) is 45.3. The van der Waals surface area contributed by atoms with Crippen LogP contribution in [0.15, 0.2) is 12.8 Å². The molecule has 6 nitrogen and oxygen atoms in total. The van der Waals surface area contributed by atoms with E-state index in [-0.39, 0.29) is 18.8 Å². The van der Waals surface area contributed by atoms with Gasteiger partial charge in [-0.3, -0.25) is 0 Å². The van der Waals surface area contributed by atoms with Gasteiger partial charge in [-0.1, -0.05) is 6.58 Å². The molecule has 0 aliphatic carbocycles. The number of hydrogen-bond donors (Lipinski definition) is 0. The van der Waals surface area contributed by atoms with Crippen molar-refractivity contribution in [3.63, 3.8) is 0 Å². The Morgan fingerprint density at radius 3 is 2.45 bits per heavy atom. The van der Waals surface area contributed by atoms with E-state index < -0.39 is 23.5 Å². The third-order valence-corrected chi connectivity index (χ3v) is 3.73. The van der Waals surface area contributed by atoms with Gasteiger partial charge in [0.1, 0.15) is 18.8 Å². The summed E-state index contributed by atoms with van der Waals surface area (Å²) in [7, 11) is 0. The van der Waals surface area contributed by atoms with Crippen molar-refractivity contribution in [1.82, 2.24) is 0 Å². The van der Waals surface area contributed by atoms with E-state index in [1.807, 2.05) is 27.7 Å². The molecule has 6 heteroatoms. The summed E-state index contributed by atoms with van der Waals surface area (Å²) in [6.45, 7) is 11.7. The first-order valence-corrected chi connectivity index (χ1v) is 6.87. The molecular formula is C14H22O6. The standard InChI is InChI=1S/C14H22O6/c1-6-15-11-10-9(18-13(4,5)19-10)7-16-14(11)8-17-12(2,3)20-14/h6,9-11H,1,7-8H2,2-5H3/t9-,10-,11+,14+/m1/s1. The van der Waals surface area contributed by atoms with Gasteiger partial charge >= 0.3 is 0 Å². The molecule has 0 aromatic carbocycles. The van der Waals surface area contributed by atoms with Crippen LogP contribution in [0.2, 0.25) is 0 Å². The summed E-state index contributed by atoms with van der Waals surface area (Å²) in [4.78, 5) is 0. The minimum atomic E-state index is -0.983. The quantitative estimate of drug-likeness (QED) is 0.718. The Morgan fingerprint density at radius 1 is 1.10 bits per heavy atom. The van der Waals surface area contributed by atoms with Gasteiger partial charge in [0.05, 0.1) is 12.9 Å². The van der Waals surface area contributed by atoms with Gasteiger partial charge in [0, 0.05) is 0 Å². The van der Waals surface area contributed by atoms with E-state index in [4.69, 9.17) is 28.4 Å². The Hall–Kier alpha value is -0.660. The van der Waals surface area contributed by atoms with Crippen molar-refractivity contribution < 1.29 is 28.4 Å². The van der Waals surface area contributed by atoms with Crippen LogP contribution in [0.5, 0.6) is 0 Å². The molecule has 3 heterocycles. The smallest absolute Gasteiger partial charge is 0.235 e. The predicted octanol–water partition coefficient (Wildman–Crippen LogP) is 1.54. The predicted molar refractivity (Wildman–Crippen MR) is 68.7 cm³/mol. The maximum absolute atomic E-state index is 5.97.